The van der Waals surface area contributed by atoms with Crippen LogP contribution in [0.1, 0.15) is 57.2 Å². The highest BCUT2D eigenvalue weighted by Crippen LogP contribution is 2.23. The minimum atomic E-state index is -0.507. The fraction of sp³-hybridized carbons (Fsp3) is 0.462. The van der Waals surface area contributed by atoms with Crippen LogP contribution in [-0.2, 0) is 28.0 Å². The topological polar surface area (TPSA) is 58.6 Å². The van der Waals surface area contributed by atoms with Crippen molar-refractivity contribution < 1.29 is 14.3 Å². The first kappa shape index (κ1) is 24.4. The van der Waals surface area contributed by atoms with Crippen LogP contribution in [0.25, 0.3) is 0 Å². The van der Waals surface area contributed by atoms with Crippen LogP contribution in [0.15, 0.2) is 48.5 Å². The molecule has 1 unspecified atom stereocenters. The summed E-state index contributed by atoms with van der Waals surface area (Å²) in [5.41, 5.74) is 3.43. The molecule has 0 saturated heterocycles. The summed E-state index contributed by atoms with van der Waals surface area (Å²) >= 11 is 0. The van der Waals surface area contributed by atoms with Gasteiger partial charge in [0.15, 0.2) is 0 Å². The maximum absolute atomic E-state index is 13.2. The summed E-state index contributed by atoms with van der Waals surface area (Å²) in [5, 5.41) is 2.70. The van der Waals surface area contributed by atoms with E-state index in [1.165, 1.54) is 5.56 Å². The molecule has 0 radical (unpaired) electrons. The quantitative estimate of drug-likeness (QED) is 0.646. The van der Waals surface area contributed by atoms with Crippen molar-refractivity contribution in [3.8, 4) is 5.75 Å². The van der Waals surface area contributed by atoms with Crippen LogP contribution in [0.2, 0.25) is 0 Å². The number of hydrogen-bond acceptors (Lipinski definition) is 3. The fourth-order valence-corrected chi connectivity index (χ4v) is 3.62. The number of nitrogens with zero attached hydrogens (tertiary/aromatic N) is 1. The van der Waals surface area contributed by atoms with E-state index in [1.54, 1.807) is 19.1 Å². The van der Waals surface area contributed by atoms with Crippen LogP contribution >= 0.6 is 0 Å². The molecule has 2 rings (SSSR count). The van der Waals surface area contributed by atoms with E-state index in [2.05, 4.69) is 50.4 Å². The van der Waals surface area contributed by atoms with E-state index in [0.717, 1.165) is 16.9 Å². The molecule has 1 atom stereocenters. The molecule has 0 aliphatic rings. The first-order valence-corrected chi connectivity index (χ1v) is 10.9. The molecular formula is C26H36N2O3. The maximum atomic E-state index is 13.2. The summed E-state index contributed by atoms with van der Waals surface area (Å²) in [4.78, 5) is 27.4. The SMILES string of the molecule is CCC(C(=O)NC)N(Cc1cccc(OC)c1)C(=O)CCc1ccc(C(C)(C)C)cc1. The molecular weight excluding hydrogens is 388 g/mol. The normalized spacial score (nSPS) is 12.2. The van der Waals surface area contributed by atoms with Crippen LogP contribution in [0.3, 0.4) is 0 Å². The van der Waals surface area contributed by atoms with Crippen LogP contribution < -0.4 is 10.1 Å². The van der Waals surface area contributed by atoms with Gasteiger partial charge in [-0.05, 0) is 47.1 Å². The Balaban J connectivity index is 2.17. The highest BCUT2D eigenvalue weighted by molar-refractivity contribution is 5.87. The number of likely N-dealkylation sites (N-methyl/N-ethyl adjacent to an activating group) is 1. The third-order valence-electron chi connectivity index (χ3n) is 5.57. The van der Waals surface area contributed by atoms with Crippen LogP contribution in [-0.4, -0.2) is 36.9 Å². The number of rotatable bonds is 9. The van der Waals surface area contributed by atoms with Gasteiger partial charge in [-0.1, -0.05) is 64.1 Å². The molecule has 2 amide bonds. The number of nitrogens with one attached hydrogen (secondary N) is 1. The molecule has 2 aromatic carbocycles. The molecule has 0 saturated carbocycles. The summed E-state index contributed by atoms with van der Waals surface area (Å²) in [6.07, 6.45) is 1.55. The van der Waals surface area contributed by atoms with Crippen molar-refractivity contribution in [2.24, 2.45) is 0 Å². The van der Waals surface area contributed by atoms with Crippen LogP contribution in [0, 0.1) is 0 Å². The third kappa shape index (κ3) is 6.84. The molecule has 0 fully saturated rings. The number of benzene rings is 2. The molecule has 5 heteroatoms. The van der Waals surface area contributed by atoms with E-state index >= 15 is 0 Å². The fourth-order valence-electron chi connectivity index (χ4n) is 3.62. The van der Waals surface area contributed by atoms with Gasteiger partial charge in [0.25, 0.3) is 0 Å². The van der Waals surface area contributed by atoms with E-state index in [-0.39, 0.29) is 17.2 Å². The van der Waals surface area contributed by atoms with Crippen molar-refractivity contribution in [2.45, 2.75) is 65.0 Å². The highest BCUT2D eigenvalue weighted by atomic mass is 16.5. The number of carbonyl (C=O) groups excluding carboxylic acids is 2. The molecule has 0 bridgehead atoms. The zero-order valence-corrected chi connectivity index (χ0v) is 19.7. The molecule has 0 aliphatic heterocycles. The van der Waals surface area contributed by atoms with Gasteiger partial charge in [0.2, 0.25) is 11.8 Å². The molecule has 0 heterocycles. The number of hydrogen-bond donors (Lipinski definition) is 1. The Bertz CT molecular complexity index is 869. The number of aryl methyl sites for hydroxylation is 1. The van der Waals surface area contributed by atoms with Gasteiger partial charge in [-0.3, -0.25) is 9.59 Å². The largest absolute Gasteiger partial charge is 0.497 e. The lowest BCUT2D eigenvalue weighted by molar-refractivity contribution is -0.141. The smallest absolute Gasteiger partial charge is 0.242 e. The molecule has 0 spiro atoms. The van der Waals surface area contributed by atoms with Crippen molar-refractivity contribution in [2.75, 3.05) is 14.2 Å². The average Bonchev–Trinajstić information content (AvgIpc) is 2.76. The maximum Gasteiger partial charge on any atom is 0.242 e. The minimum absolute atomic E-state index is 0.0295. The zero-order valence-electron chi connectivity index (χ0n) is 19.7. The second-order valence-corrected chi connectivity index (χ2v) is 8.86. The molecule has 0 aromatic heterocycles. The van der Waals surface area contributed by atoms with Gasteiger partial charge >= 0.3 is 0 Å². The van der Waals surface area contributed by atoms with Gasteiger partial charge in [-0.25, -0.2) is 0 Å². The van der Waals surface area contributed by atoms with Crippen molar-refractivity contribution in [1.29, 1.82) is 0 Å². The second-order valence-electron chi connectivity index (χ2n) is 8.86. The molecule has 0 aliphatic carbocycles. The lowest BCUT2D eigenvalue weighted by atomic mass is 9.86. The zero-order chi connectivity index (χ0) is 23.0. The van der Waals surface area contributed by atoms with E-state index in [4.69, 9.17) is 4.74 Å². The Morgan fingerprint density at radius 1 is 1.06 bits per heavy atom. The number of methoxy groups -OCH3 is 1. The van der Waals surface area contributed by atoms with Crippen LogP contribution in [0.5, 0.6) is 5.75 Å². The standard InChI is InChI=1S/C26H36N2O3/c1-7-23(25(30)27-5)28(18-20-9-8-10-22(17-20)31-6)24(29)16-13-19-11-14-21(15-12-19)26(2,3)4/h8-12,14-15,17,23H,7,13,16,18H2,1-6H3,(H,27,30). The molecule has 168 valence electrons. The molecule has 5 nitrogen and oxygen atoms in total. The van der Waals surface area contributed by atoms with E-state index in [0.29, 0.717) is 25.8 Å². The van der Waals surface area contributed by atoms with E-state index < -0.39 is 6.04 Å². The summed E-state index contributed by atoms with van der Waals surface area (Å²) in [5.74, 6) is 0.559. The Kier molecular flexibility index (Phi) is 8.66. The number of carbonyl (C=O) groups is 2. The first-order valence-electron chi connectivity index (χ1n) is 10.9. The molecule has 1 N–H and O–H groups in total. The lowest BCUT2D eigenvalue weighted by Gasteiger charge is -2.30. The summed E-state index contributed by atoms with van der Waals surface area (Å²) in [6.45, 7) is 8.85. The lowest BCUT2D eigenvalue weighted by Crippen LogP contribution is -2.48. The predicted molar refractivity (Wildman–Crippen MR) is 125 cm³/mol. The second kappa shape index (κ2) is 11.0. The van der Waals surface area contributed by atoms with Gasteiger partial charge in [0, 0.05) is 20.0 Å². The highest BCUT2D eigenvalue weighted by Gasteiger charge is 2.27. The monoisotopic (exact) mass is 424 g/mol. The Morgan fingerprint density at radius 2 is 1.74 bits per heavy atom. The van der Waals surface area contributed by atoms with E-state index in [9.17, 15) is 9.59 Å². The third-order valence-corrected chi connectivity index (χ3v) is 5.57. The molecule has 31 heavy (non-hydrogen) atoms. The van der Waals surface area contributed by atoms with Crippen molar-refractivity contribution in [3.05, 3.63) is 65.2 Å². The summed E-state index contributed by atoms with van der Waals surface area (Å²) in [6, 6.07) is 15.6. The van der Waals surface area contributed by atoms with Gasteiger partial charge in [-0.15, -0.1) is 0 Å². The van der Waals surface area contributed by atoms with Crippen molar-refractivity contribution in [3.63, 3.8) is 0 Å². The van der Waals surface area contributed by atoms with Gasteiger partial charge in [0.1, 0.15) is 11.8 Å². The minimum Gasteiger partial charge on any atom is -0.497 e. The van der Waals surface area contributed by atoms with Crippen LogP contribution in [0.4, 0.5) is 0 Å². The first-order chi connectivity index (χ1) is 14.7. The molecule has 2 aromatic rings. The average molecular weight is 425 g/mol. The predicted octanol–water partition coefficient (Wildman–Crippen LogP) is 4.48. The van der Waals surface area contributed by atoms with E-state index in [1.807, 2.05) is 31.2 Å². The Morgan fingerprint density at radius 3 is 2.29 bits per heavy atom. The number of amides is 2. The van der Waals surface area contributed by atoms with Crippen molar-refractivity contribution >= 4 is 11.8 Å². The Hall–Kier alpha value is -2.82. The number of ether oxygens (including phenoxy) is 1. The van der Waals surface area contributed by atoms with Gasteiger partial charge < -0.3 is 15.0 Å². The summed E-state index contributed by atoms with van der Waals surface area (Å²) in [7, 11) is 3.22. The van der Waals surface area contributed by atoms with Gasteiger partial charge in [-0.2, -0.15) is 0 Å². The summed E-state index contributed by atoms with van der Waals surface area (Å²) < 4.78 is 5.31. The van der Waals surface area contributed by atoms with Gasteiger partial charge in [0.05, 0.1) is 7.11 Å². The van der Waals surface area contributed by atoms with Crippen molar-refractivity contribution in [1.82, 2.24) is 10.2 Å². The Labute approximate surface area is 186 Å².